The molecule has 0 unspecified atom stereocenters. The average Bonchev–Trinajstić information content (AvgIpc) is 3.19. The van der Waals surface area contributed by atoms with Gasteiger partial charge in [-0.05, 0) is 57.0 Å². The third-order valence-corrected chi connectivity index (χ3v) is 5.12. The van der Waals surface area contributed by atoms with Crippen molar-refractivity contribution in [2.75, 3.05) is 0 Å². The highest BCUT2D eigenvalue weighted by molar-refractivity contribution is 8.05. The van der Waals surface area contributed by atoms with Crippen LogP contribution in [0.25, 0.3) is 22.2 Å². The molecule has 0 N–H and O–H groups in total. The van der Waals surface area contributed by atoms with E-state index >= 15 is 0 Å². The Morgan fingerprint density at radius 3 is 1.69 bits per heavy atom. The predicted octanol–water partition coefficient (Wildman–Crippen LogP) is 7.96. The topological polar surface area (TPSA) is 0 Å². The Bertz CT molecular complexity index is 873. The van der Waals surface area contributed by atoms with Crippen molar-refractivity contribution < 1.29 is 0 Å². The fraction of sp³-hybridized carbons (Fsp3) is 0. The largest absolute Gasteiger partial charge is 0.144 e. The number of hydrogen-bond donors (Lipinski definition) is 0. The highest BCUT2D eigenvalue weighted by Gasteiger charge is 1.88. The van der Waals surface area contributed by atoms with E-state index in [1.54, 1.807) is 23.1 Å². The van der Waals surface area contributed by atoms with Crippen molar-refractivity contribution in [2.45, 2.75) is 0 Å². The molecule has 0 saturated carbocycles. The second-order valence-corrected chi connectivity index (χ2v) is 7.29. The second-order valence-electron chi connectivity index (χ2n) is 5.52. The van der Waals surface area contributed by atoms with E-state index in [0.29, 0.717) is 0 Å². The fourth-order valence-corrected chi connectivity index (χ4v) is 3.67. The molecule has 0 fully saturated rings. The first-order chi connectivity index (χ1) is 12.9. The average molecular weight is 373 g/mol. The number of hydrogen-bond acceptors (Lipinski definition) is 2. The van der Waals surface area contributed by atoms with Gasteiger partial charge in [0.05, 0.1) is 0 Å². The first-order valence-electron chi connectivity index (χ1n) is 8.43. The Hall–Kier alpha value is -2.55. The highest BCUT2D eigenvalue weighted by Crippen LogP contribution is 2.18. The highest BCUT2D eigenvalue weighted by atomic mass is 32.2. The zero-order valence-electron chi connectivity index (χ0n) is 14.4. The lowest BCUT2D eigenvalue weighted by Crippen LogP contribution is -1.67. The van der Waals surface area contributed by atoms with Crippen LogP contribution in [-0.2, 0) is 0 Å². The number of benzene rings is 3. The van der Waals surface area contributed by atoms with Crippen molar-refractivity contribution in [2.24, 2.45) is 0 Å². The van der Waals surface area contributed by atoms with Gasteiger partial charge < -0.3 is 0 Å². The van der Waals surface area contributed by atoms with Crippen molar-refractivity contribution in [3.05, 3.63) is 118 Å². The molecule has 2 heteroatoms. The van der Waals surface area contributed by atoms with Crippen LogP contribution in [-0.4, -0.2) is 0 Å². The maximum Gasteiger partial charge on any atom is 0.0342 e. The molecule has 4 rings (SSSR count). The van der Waals surface area contributed by atoms with Gasteiger partial charge in [-0.1, -0.05) is 78.9 Å². The first-order valence-corrected chi connectivity index (χ1v) is 10.2. The zero-order valence-corrected chi connectivity index (χ0v) is 16.0. The van der Waals surface area contributed by atoms with E-state index in [2.05, 4.69) is 82.9 Å². The van der Waals surface area contributed by atoms with Crippen molar-refractivity contribution >= 4 is 45.3 Å². The Morgan fingerprint density at radius 2 is 1.12 bits per heavy atom. The summed E-state index contributed by atoms with van der Waals surface area (Å²) in [7, 11) is 0. The molecule has 0 nitrogen and oxygen atoms in total. The molecule has 0 saturated heterocycles. The van der Waals surface area contributed by atoms with Gasteiger partial charge in [0.15, 0.2) is 0 Å². The molecule has 1 aromatic heterocycles. The lowest BCUT2D eigenvalue weighted by atomic mass is 10.2. The molecule has 1 heterocycles. The Labute approximate surface area is 163 Å². The van der Waals surface area contributed by atoms with Crippen molar-refractivity contribution in [1.29, 1.82) is 0 Å². The SMILES string of the molecule is C(=Cc1ccccc1)SC=Cc1ccccc1.c1ccc2sccc2c1. The number of thiophene rings is 1. The van der Waals surface area contributed by atoms with Gasteiger partial charge in [-0.3, -0.25) is 0 Å². The monoisotopic (exact) mass is 372 g/mol. The molecule has 26 heavy (non-hydrogen) atoms. The molecule has 0 aliphatic heterocycles. The Balaban J connectivity index is 0.000000181. The van der Waals surface area contributed by atoms with Crippen LogP contribution in [0.4, 0.5) is 0 Å². The normalized spacial score (nSPS) is 10.9. The fourth-order valence-electron chi connectivity index (χ4n) is 2.32. The summed E-state index contributed by atoms with van der Waals surface area (Å²) in [6.07, 6.45) is 4.22. The van der Waals surface area contributed by atoms with Gasteiger partial charge in [-0.15, -0.1) is 23.1 Å². The van der Waals surface area contributed by atoms with E-state index < -0.39 is 0 Å². The van der Waals surface area contributed by atoms with Crippen LogP contribution in [0.1, 0.15) is 11.1 Å². The molecule has 0 atom stereocenters. The molecule has 0 aliphatic rings. The molecule has 0 aliphatic carbocycles. The van der Waals surface area contributed by atoms with E-state index in [9.17, 15) is 0 Å². The third kappa shape index (κ3) is 6.07. The second kappa shape index (κ2) is 10.4. The van der Waals surface area contributed by atoms with Crippen LogP contribution in [0, 0.1) is 0 Å². The predicted molar refractivity (Wildman–Crippen MR) is 120 cm³/mol. The van der Waals surface area contributed by atoms with E-state index in [1.165, 1.54) is 21.2 Å². The van der Waals surface area contributed by atoms with Crippen LogP contribution in [0.3, 0.4) is 0 Å². The molecular formula is C24H20S2. The number of rotatable bonds is 4. The Morgan fingerprint density at radius 1 is 0.577 bits per heavy atom. The lowest BCUT2D eigenvalue weighted by Gasteiger charge is -1.91. The van der Waals surface area contributed by atoms with E-state index in [4.69, 9.17) is 0 Å². The van der Waals surface area contributed by atoms with Crippen molar-refractivity contribution in [3.63, 3.8) is 0 Å². The van der Waals surface area contributed by atoms with E-state index in [1.807, 2.05) is 36.4 Å². The summed E-state index contributed by atoms with van der Waals surface area (Å²) < 4.78 is 1.37. The van der Waals surface area contributed by atoms with Crippen molar-refractivity contribution in [1.82, 2.24) is 0 Å². The molecule has 0 spiro atoms. The summed E-state index contributed by atoms with van der Waals surface area (Å²) >= 11 is 3.47. The number of fused-ring (bicyclic) bond motifs is 1. The van der Waals surface area contributed by atoms with Crippen LogP contribution in [0.15, 0.2) is 107 Å². The van der Waals surface area contributed by atoms with Gasteiger partial charge in [0.25, 0.3) is 0 Å². The minimum atomic E-state index is 1.23. The van der Waals surface area contributed by atoms with Gasteiger partial charge in [0.2, 0.25) is 0 Å². The Kier molecular flexibility index (Phi) is 7.33. The van der Waals surface area contributed by atoms with Gasteiger partial charge in [-0.25, -0.2) is 0 Å². The summed E-state index contributed by atoms with van der Waals surface area (Å²) in [5, 5.41) is 7.65. The molecular weight excluding hydrogens is 352 g/mol. The van der Waals surface area contributed by atoms with Gasteiger partial charge in [-0.2, -0.15) is 0 Å². The molecule has 4 aromatic rings. The molecule has 0 bridgehead atoms. The molecule has 3 aromatic carbocycles. The standard InChI is InChI=1S/C16H14S.C8H6S/c1-3-7-15(8-4-1)11-13-17-14-12-16-9-5-2-6-10-16;1-2-4-8-7(3-1)5-6-9-8/h1-14H;1-6H. The van der Waals surface area contributed by atoms with Gasteiger partial charge in [0, 0.05) is 4.70 Å². The van der Waals surface area contributed by atoms with Crippen LogP contribution < -0.4 is 0 Å². The first kappa shape index (κ1) is 18.2. The summed E-state index contributed by atoms with van der Waals surface area (Å²) in [4.78, 5) is 0. The zero-order chi connectivity index (χ0) is 17.9. The maximum absolute atomic E-state index is 2.14. The van der Waals surface area contributed by atoms with Crippen LogP contribution in [0.2, 0.25) is 0 Å². The summed E-state index contributed by atoms with van der Waals surface area (Å²) in [6, 6.07) is 31.2. The van der Waals surface area contributed by atoms with E-state index in [-0.39, 0.29) is 0 Å². The molecule has 0 radical (unpaired) electrons. The van der Waals surface area contributed by atoms with Gasteiger partial charge in [0.1, 0.15) is 0 Å². The molecule has 0 amide bonds. The maximum atomic E-state index is 2.14. The van der Waals surface area contributed by atoms with E-state index in [0.717, 1.165) is 0 Å². The van der Waals surface area contributed by atoms with Crippen LogP contribution in [0.5, 0.6) is 0 Å². The quantitative estimate of drug-likeness (QED) is 0.350. The lowest BCUT2D eigenvalue weighted by molar-refractivity contribution is 1.66. The summed E-state index contributed by atoms with van der Waals surface area (Å²) in [5.74, 6) is 0. The minimum absolute atomic E-state index is 1.23. The molecule has 128 valence electrons. The summed E-state index contributed by atoms with van der Waals surface area (Å²) in [5.41, 5.74) is 2.46. The summed E-state index contributed by atoms with van der Waals surface area (Å²) in [6.45, 7) is 0. The third-order valence-electron chi connectivity index (χ3n) is 3.64. The van der Waals surface area contributed by atoms with Crippen LogP contribution >= 0.6 is 23.1 Å². The smallest absolute Gasteiger partial charge is 0.0342 e. The number of thioether (sulfide) groups is 1. The van der Waals surface area contributed by atoms with Crippen molar-refractivity contribution in [3.8, 4) is 0 Å². The minimum Gasteiger partial charge on any atom is -0.144 e. The van der Waals surface area contributed by atoms with Gasteiger partial charge >= 0.3 is 0 Å².